The summed E-state index contributed by atoms with van der Waals surface area (Å²) in [7, 11) is 0. The highest BCUT2D eigenvalue weighted by atomic mass is 16.5. The highest BCUT2D eigenvalue weighted by molar-refractivity contribution is 5.31. The molecule has 2 rings (SSSR count). The Morgan fingerprint density at radius 2 is 1.70 bits per heavy atom. The molecule has 0 spiro atoms. The number of benzene rings is 2. The molecule has 0 aliphatic carbocycles. The third-order valence-corrected chi connectivity index (χ3v) is 3.28. The van der Waals surface area contributed by atoms with Gasteiger partial charge in [0.2, 0.25) is 0 Å². The van der Waals surface area contributed by atoms with E-state index in [4.69, 9.17) is 10.00 Å². The maximum atomic E-state index is 8.76. The summed E-state index contributed by atoms with van der Waals surface area (Å²) in [6.07, 6.45) is 2.09. The second-order valence-electron chi connectivity index (χ2n) is 5.09. The van der Waals surface area contributed by atoms with Crippen molar-refractivity contribution in [3.8, 4) is 11.8 Å². The number of rotatable bonds is 5. The number of ether oxygens (including phenoxy) is 1. The molecule has 1 atom stereocenters. The highest BCUT2D eigenvalue weighted by Gasteiger charge is 2.05. The van der Waals surface area contributed by atoms with Crippen molar-refractivity contribution in [1.82, 2.24) is 0 Å². The second-order valence-corrected chi connectivity index (χ2v) is 5.09. The molecule has 0 saturated carbocycles. The summed E-state index contributed by atoms with van der Waals surface area (Å²) >= 11 is 0. The van der Waals surface area contributed by atoms with Crippen molar-refractivity contribution in [2.24, 2.45) is 0 Å². The molecular weight excluding hydrogens is 246 g/mol. The molecule has 0 aliphatic rings. The van der Waals surface area contributed by atoms with Gasteiger partial charge in [0, 0.05) is 0 Å². The Bertz CT molecular complexity index is 578. The molecule has 102 valence electrons. The van der Waals surface area contributed by atoms with E-state index < -0.39 is 0 Å². The average molecular weight is 265 g/mol. The van der Waals surface area contributed by atoms with Crippen molar-refractivity contribution in [1.29, 1.82) is 5.26 Å². The van der Waals surface area contributed by atoms with Gasteiger partial charge in [-0.3, -0.25) is 0 Å². The lowest BCUT2D eigenvalue weighted by Gasteiger charge is -2.14. The minimum atomic E-state index is 0.174. The Kier molecular flexibility index (Phi) is 4.79. The molecule has 0 bridgehead atoms. The van der Waals surface area contributed by atoms with Gasteiger partial charge < -0.3 is 4.74 Å². The molecule has 0 amide bonds. The molecule has 0 radical (unpaired) electrons. The molecule has 0 aromatic heterocycles. The van der Waals surface area contributed by atoms with Gasteiger partial charge in [-0.05, 0) is 56.5 Å². The number of nitriles is 1. The molecular formula is C18H19NO. The van der Waals surface area contributed by atoms with E-state index in [-0.39, 0.29) is 6.10 Å². The van der Waals surface area contributed by atoms with Gasteiger partial charge in [0.15, 0.2) is 0 Å². The molecule has 20 heavy (non-hydrogen) atoms. The monoisotopic (exact) mass is 265 g/mol. The zero-order chi connectivity index (χ0) is 14.4. The molecule has 1 unspecified atom stereocenters. The van der Waals surface area contributed by atoms with E-state index >= 15 is 0 Å². The van der Waals surface area contributed by atoms with Crippen LogP contribution in [0.25, 0.3) is 0 Å². The summed E-state index contributed by atoms with van der Waals surface area (Å²) in [4.78, 5) is 0. The minimum Gasteiger partial charge on any atom is -0.491 e. The van der Waals surface area contributed by atoms with Gasteiger partial charge in [-0.25, -0.2) is 0 Å². The van der Waals surface area contributed by atoms with Crippen molar-refractivity contribution in [3.63, 3.8) is 0 Å². The van der Waals surface area contributed by atoms with Crippen LogP contribution in [0.5, 0.6) is 5.75 Å². The van der Waals surface area contributed by atoms with Crippen molar-refractivity contribution < 1.29 is 4.74 Å². The van der Waals surface area contributed by atoms with E-state index in [1.165, 1.54) is 11.1 Å². The van der Waals surface area contributed by atoms with Crippen LogP contribution in [-0.2, 0) is 6.42 Å². The first-order chi connectivity index (χ1) is 9.67. The Labute approximate surface area is 120 Å². The first-order valence-electron chi connectivity index (χ1n) is 6.90. The van der Waals surface area contributed by atoms with Gasteiger partial charge in [-0.15, -0.1) is 0 Å². The summed E-state index contributed by atoms with van der Waals surface area (Å²) in [6, 6.07) is 18.0. The number of nitrogens with zero attached hydrogens (tertiary/aromatic N) is 1. The largest absolute Gasteiger partial charge is 0.491 e. The molecule has 0 heterocycles. The predicted octanol–water partition coefficient (Wildman–Crippen LogP) is 4.27. The molecule has 0 aliphatic heterocycles. The maximum absolute atomic E-state index is 8.76. The van der Waals surface area contributed by atoms with E-state index in [2.05, 4.69) is 32.0 Å². The lowest BCUT2D eigenvalue weighted by atomic mass is 10.1. The Morgan fingerprint density at radius 1 is 1.05 bits per heavy atom. The number of aryl methyl sites for hydroxylation is 2. The predicted molar refractivity (Wildman–Crippen MR) is 80.7 cm³/mol. The smallest absolute Gasteiger partial charge is 0.119 e. The average Bonchev–Trinajstić information content (AvgIpc) is 2.48. The van der Waals surface area contributed by atoms with Crippen LogP contribution in [0.15, 0.2) is 48.5 Å². The fourth-order valence-electron chi connectivity index (χ4n) is 2.02. The van der Waals surface area contributed by atoms with Crippen LogP contribution in [-0.4, -0.2) is 6.10 Å². The summed E-state index contributed by atoms with van der Waals surface area (Å²) in [5, 5.41) is 8.76. The Morgan fingerprint density at radius 3 is 2.30 bits per heavy atom. The maximum Gasteiger partial charge on any atom is 0.119 e. The number of hydrogen-bond acceptors (Lipinski definition) is 2. The van der Waals surface area contributed by atoms with Gasteiger partial charge in [0.1, 0.15) is 5.75 Å². The van der Waals surface area contributed by atoms with Crippen LogP contribution in [0.1, 0.15) is 30.0 Å². The zero-order valence-corrected chi connectivity index (χ0v) is 12.0. The van der Waals surface area contributed by atoms with Crippen LogP contribution in [0.4, 0.5) is 0 Å². The third kappa shape index (κ3) is 4.13. The first-order valence-corrected chi connectivity index (χ1v) is 6.90. The van der Waals surface area contributed by atoms with Crippen LogP contribution in [0, 0.1) is 18.3 Å². The van der Waals surface area contributed by atoms with E-state index in [9.17, 15) is 0 Å². The number of hydrogen-bond donors (Lipinski definition) is 0. The zero-order valence-electron chi connectivity index (χ0n) is 12.0. The van der Waals surface area contributed by atoms with Crippen molar-refractivity contribution >= 4 is 0 Å². The van der Waals surface area contributed by atoms with Crippen LogP contribution >= 0.6 is 0 Å². The van der Waals surface area contributed by atoms with E-state index in [0.717, 1.165) is 18.6 Å². The third-order valence-electron chi connectivity index (χ3n) is 3.28. The molecule has 0 saturated heterocycles. The molecule has 2 aromatic carbocycles. The van der Waals surface area contributed by atoms with Gasteiger partial charge >= 0.3 is 0 Å². The first kappa shape index (κ1) is 14.1. The topological polar surface area (TPSA) is 33.0 Å². The second kappa shape index (κ2) is 6.77. The fourth-order valence-corrected chi connectivity index (χ4v) is 2.02. The normalized spacial score (nSPS) is 11.7. The molecule has 0 N–H and O–H groups in total. The standard InChI is InChI=1S/C18H19NO/c1-14-3-11-18(12-4-14)20-15(2)5-6-16-7-9-17(13-19)10-8-16/h3-4,7-12,15H,5-6H2,1-2H3. The van der Waals surface area contributed by atoms with Gasteiger partial charge in [0.05, 0.1) is 17.7 Å². The fraction of sp³-hybridized carbons (Fsp3) is 0.278. The van der Waals surface area contributed by atoms with Gasteiger partial charge in [-0.1, -0.05) is 29.8 Å². The Balaban J connectivity index is 1.83. The molecule has 0 fully saturated rings. The van der Waals surface area contributed by atoms with Crippen LogP contribution < -0.4 is 4.74 Å². The summed E-state index contributed by atoms with van der Waals surface area (Å²) in [5.41, 5.74) is 3.18. The van der Waals surface area contributed by atoms with Crippen LogP contribution in [0.3, 0.4) is 0 Å². The molecule has 2 heteroatoms. The van der Waals surface area contributed by atoms with E-state index in [0.29, 0.717) is 5.56 Å². The van der Waals surface area contributed by atoms with Gasteiger partial charge in [0.25, 0.3) is 0 Å². The summed E-state index contributed by atoms with van der Waals surface area (Å²) in [5.74, 6) is 0.919. The SMILES string of the molecule is Cc1ccc(OC(C)CCc2ccc(C#N)cc2)cc1. The van der Waals surface area contributed by atoms with Gasteiger partial charge in [-0.2, -0.15) is 5.26 Å². The Hall–Kier alpha value is -2.27. The molecule has 2 nitrogen and oxygen atoms in total. The van der Waals surface area contributed by atoms with Crippen molar-refractivity contribution in [3.05, 3.63) is 65.2 Å². The quantitative estimate of drug-likeness (QED) is 0.809. The minimum absolute atomic E-state index is 0.174. The lowest BCUT2D eigenvalue weighted by molar-refractivity contribution is 0.211. The summed E-state index contributed by atoms with van der Waals surface area (Å²) in [6.45, 7) is 4.15. The van der Waals surface area contributed by atoms with E-state index in [1.807, 2.05) is 36.4 Å². The molecule has 2 aromatic rings. The van der Waals surface area contributed by atoms with Crippen molar-refractivity contribution in [2.45, 2.75) is 32.8 Å². The lowest BCUT2D eigenvalue weighted by Crippen LogP contribution is -2.12. The van der Waals surface area contributed by atoms with Crippen LogP contribution in [0.2, 0.25) is 0 Å². The highest BCUT2D eigenvalue weighted by Crippen LogP contribution is 2.16. The van der Waals surface area contributed by atoms with E-state index in [1.54, 1.807) is 0 Å². The summed E-state index contributed by atoms with van der Waals surface area (Å²) < 4.78 is 5.88. The van der Waals surface area contributed by atoms with Crippen molar-refractivity contribution in [2.75, 3.05) is 0 Å².